The van der Waals surface area contributed by atoms with Gasteiger partial charge in [-0.3, -0.25) is 9.15 Å². The molecule has 0 aromatic heterocycles. The van der Waals surface area contributed by atoms with Crippen LogP contribution in [0.5, 0.6) is 0 Å². The van der Waals surface area contributed by atoms with E-state index < -0.39 is 52.3 Å². The van der Waals surface area contributed by atoms with Gasteiger partial charge in [-0.1, -0.05) is 0 Å². The van der Waals surface area contributed by atoms with Crippen LogP contribution in [0.3, 0.4) is 0 Å². The van der Waals surface area contributed by atoms with Crippen molar-refractivity contribution in [3.05, 3.63) is 0 Å². The second-order valence-corrected chi connectivity index (χ2v) is 27.4. The molecule has 0 bridgehead atoms. The predicted octanol–water partition coefficient (Wildman–Crippen LogP) is 3.78. The Morgan fingerprint density at radius 3 is 1.25 bits per heavy atom. The van der Waals surface area contributed by atoms with E-state index in [-0.39, 0.29) is 0 Å². The Kier molecular flexibility index (Phi) is 9.73. The van der Waals surface area contributed by atoms with Gasteiger partial charge in [0.25, 0.3) is 0 Å². The van der Waals surface area contributed by atoms with Gasteiger partial charge in [0, 0.05) is 0 Å². The molecule has 0 saturated carbocycles. The average molecular weight is 447 g/mol. The quantitative estimate of drug-likeness (QED) is 0.273. The number of hydrogen-bond donors (Lipinski definition) is 0. The first kappa shape index (κ1) is 25.1. The molecule has 0 amide bonds. The van der Waals surface area contributed by atoms with Crippen molar-refractivity contribution in [2.24, 2.45) is 0 Å². The van der Waals surface area contributed by atoms with Crippen molar-refractivity contribution in [3.63, 3.8) is 0 Å². The fraction of sp³-hybridized carbons (Fsp3) is 1.00. The van der Waals surface area contributed by atoms with Crippen molar-refractivity contribution in [1.82, 2.24) is 0 Å². The van der Waals surface area contributed by atoms with Crippen LogP contribution < -0.4 is 0 Å². The maximum absolute atomic E-state index is 6.40. The Morgan fingerprint density at radius 2 is 0.875 bits per heavy atom. The maximum atomic E-state index is 6.40. The highest BCUT2D eigenvalue weighted by Gasteiger charge is 2.45. The summed E-state index contributed by atoms with van der Waals surface area (Å²) in [6, 6.07) is 0. The highest BCUT2D eigenvalue weighted by atomic mass is 28.5. The van der Waals surface area contributed by atoms with Crippen LogP contribution in [0.4, 0.5) is 0 Å². The molecule has 0 aliphatic heterocycles. The summed E-state index contributed by atoms with van der Waals surface area (Å²) in [6.07, 6.45) is 0. The van der Waals surface area contributed by atoms with Gasteiger partial charge < -0.3 is 16.5 Å². The topological polar surface area (TPSA) is 55.4 Å². The first-order chi connectivity index (χ1) is 10.5. The van der Waals surface area contributed by atoms with Crippen LogP contribution in [0.25, 0.3) is 0 Å². The molecule has 0 aromatic carbocycles. The third-order valence-electron chi connectivity index (χ3n) is 2.44. The lowest BCUT2D eigenvalue weighted by molar-refractivity contribution is -0.132. The second kappa shape index (κ2) is 9.32. The molecule has 0 aliphatic carbocycles. The normalized spacial score (nSPS) is 14.8. The number of rotatable bonds is 11. The van der Waals surface area contributed by atoms with Gasteiger partial charge in [0.1, 0.15) is 0 Å². The van der Waals surface area contributed by atoms with Crippen LogP contribution in [0.1, 0.15) is 0 Å². The minimum Gasteiger partial charge on any atom is -0.440 e. The van der Waals surface area contributed by atoms with Crippen molar-refractivity contribution in [2.75, 3.05) is 0 Å². The summed E-state index contributed by atoms with van der Waals surface area (Å²) in [4.78, 5) is 0. The van der Waals surface area contributed by atoms with Gasteiger partial charge in [-0.05, 0) is 78.6 Å². The molecule has 0 rings (SSSR count). The van der Waals surface area contributed by atoms with Crippen molar-refractivity contribution in [3.8, 4) is 0 Å². The zero-order valence-electron chi connectivity index (χ0n) is 17.6. The molecule has 0 aromatic rings. The van der Waals surface area contributed by atoms with E-state index in [9.17, 15) is 0 Å². The van der Waals surface area contributed by atoms with Crippen LogP contribution in [-0.2, 0) is 25.6 Å². The Morgan fingerprint density at radius 1 is 0.500 bits per heavy atom. The van der Waals surface area contributed by atoms with Crippen molar-refractivity contribution in [2.45, 2.75) is 78.6 Å². The zero-order valence-corrected chi connectivity index (χ0v) is 23.9. The summed E-state index contributed by atoms with van der Waals surface area (Å²) >= 11 is 0. The Balaban J connectivity index is 4.81. The molecule has 12 heteroatoms. The largest absolute Gasteiger partial charge is 0.440 e. The van der Waals surface area contributed by atoms with E-state index in [1.165, 1.54) is 0 Å². The van der Waals surface area contributed by atoms with Crippen LogP contribution in [-0.4, -0.2) is 52.3 Å². The molecule has 0 saturated heterocycles. The highest BCUT2D eigenvalue weighted by molar-refractivity contribution is 6.88. The van der Waals surface area contributed by atoms with E-state index in [0.29, 0.717) is 0 Å². The third-order valence-corrected chi connectivity index (χ3v) is 19.6. The Labute approximate surface area is 156 Å². The minimum absolute atomic E-state index is 1.13. The van der Waals surface area contributed by atoms with Gasteiger partial charge >= 0.3 is 34.2 Å². The van der Waals surface area contributed by atoms with Crippen LogP contribution >= 0.6 is 0 Å². The van der Waals surface area contributed by atoms with E-state index in [2.05, 4.69) is 52.4 Å². The molecule has 0 fully saturated rings. The zero-order chi connectivity index (χ0) is 19.4. The molecule has 0 aliphatic rings. The highest BCUT2D eigenvalue weighted by Crippen LogP contribution is 2.25. The summed E-state index contributed by atoms with van der Waals surface area (Å²) < 4.78 is 36.2. The van der Waals surface area contributed by atoms with E-state index >= 15 is 0 Å². The Hall–Kier alpha value is 1.06. The standard InChI is InChI=1S/C12H38O6Si6/c1-19(2)13-14-21(5,6)16-23(9,10)18-24(11,12)17-22(7,8)15-20(3)4/h19-20H,1-12H3. The summed E-state index contributed by atoms with van der Waals surface area (Å²) in [7, 11) is -11.7. The van der Waals surface area contributed by atoms with Crippen molar-refractivity contribution in [1.29, 1.82) is 0 Å². The van der Waals surface area contributed by atoms with Crippen LogP contribution in [0, 0.1) is 0 Å². The summed E-state index contributed by atoms with van der Waals surface area (Å²) in [5.41, 5.74) is 0. The fourth-order valence-corrected chi connectivity index (χ4v) is 24.9. The predicted molar refractivity (Wildman–Crippen MR) is 114 cm³/mol. The summed E-state index contributed by atoms with van der Waals surface area (Å²) in [5.74, 6) is 0. The fourth-order valence-electron chi connectivity index (χ4n) is 2.64. The van der Waals surface area contributed by atoms with Gasteiger partial charge in [0.05, 0.1) is 0 Å². The summed E-state index contributed by atoms with van der Waals surface area (Å²) in [6.45, 7) is 24.9. The van der Waals surface area contributed by atoms with Gasteiger partial charge in [-0.2, -0.15) is 0 Å². The van der Waals surface area contributed by atoms with Gasteiger partial charge in [0.2, 0.25) is 9.04 Å². The maximum Gasteiger partial charge on any atom is 0.358 e. The minimum atomic E-state index is -2.40. The molecule has 0 radical (unpaired) electrons. The molecule has 0 heterocycles. The molecule has 6 nitrogen and oxygen atoms in total. The first-order valence-electron chi connectivity index (χ1n) is 8.58. The lowest BCUT2D eigenvalue weighted by Crippen LogP contribution is -2.58. The molecule has 0 unspecified atom stereocenters. The lowest BCUT2D eigenvalue weighted by atomic mass is 11.9. The van der Waals surface area contributed by atoms with Gasteiger partial charge in [-0.25, -0.2) is 0 Å². The van der Waals surface area contributed by atoms with Gasteiger partial charge in [-0.15, -0.1) is 0 Å². The van der Waals surface area contributed by atoms with Crippen LogP contribution in [0.15, 0.2) is 0 Å². The lowest BCUT2D eigenvalue weighted by Gasteiger charge is -2.40. The van der Waals surface area contributed by atoms with Gasteiger partial charge in [0.15, 0.2) is 9.04 Å². The van der Waals surface area contributed by atoms with E-state index in [1.807, 2.05) is 26.2 Å². The van der Waals surface area contributed by atoms with E-state index in [0.717, 1.165) is 0 Å². The number of hydrogen-bond acceptors (Lipinski definition) is 6. The monoisotopic (exact) mass is 446 g/mol. The molecular formula is C12H38O6Si6. The van der Waals surface area contributed by atoms with Crippen molar-refractivity contribution < 1.29 is 25.6 Å². The SMILES string of the molecule is C[SiH](C)OO[Si](C)(C)O[Si](C)(C)O[Si](C)(C)O[Si](C)(C)O[SiH](C)C. The van der Waals surface area contributed by atoms with E-state index in [4.69, 9.17) is 25.6 Å². The second-order valence-electron chi connectivity index (χ2n) is 8.30. The molecular weight excluding hydrogens is 409 g/mol. The Bertz CT molecular complexity index is 388. The average Bonchev–Trinajstić information content (AvgIpc) is 2.18. The molecule has 146 valence electrons. The van der Waals surface area contributed by atoms with E-state index in [1.54, 1.807) is 0 Å². The summed E-state index contributed by atoms with van der Waals surface area (Å²) in [5, 5.41) is 0. The molecule has 0 spiro atoms. The molecule has 0 atom stereocenters. The van der Waals surface area contributed by atoms with Crippen molar-refractivity contribution >= 4 is 52.3 Å². The molecule has 0 N–H and O–H groups in total. The van der Waals surface area contributed by atoms with Crippen LogP contribution in [0.2, 0.25) is 78.6 Å². The first-order valence-corrected chi connectivity index (χ1v) is 25.4. The smallest absolute Gasteiger partial charge is 0.358 e. The third kappa shape index (κ3) is 12.4. The molecule has 24 heavy (non-hydrogen) atoms.